The Bertz CT molecular complexity index is 1140. The van der Waals surface area contributed by atoms with Gasteiger partial charge >= 0.3 is 6.36 Å². The molecule has 2 heterocycles. The zero-order valence-corrected chi connectivity index (χ0v) is 18.3. The fraction of sp³-hybridized carbons (Fsp3) is 0.450. The van der Waals surface area contributed by atoms with E-state index in [1.54, 1.807) is 0 Å². The van der Waals surface area contributed by atoms with Gasteiger partial charge in [0.25, 0.3) is 5.91 Å². The number of aromatic nitrogens is 3. The predicted molar refractivity (Wildman–Crippen MR) is 111 cm³/mol. The van der Waals surface area contributed by atoms with E-state index in [4.69, 9.17) is 11.6 Å². The summed E-state index contributed by atoms with van der Waals surface area (Å²) in [4.78, 5) is 27.1. The fourth-order valence-corrected chi connectivity index (χ4v) is 3.50. The Morgan fingerprint density at radius 2 is 2.12 bits per heavy atom. The number of hydrogen-bond donors (Lipinski definition) is 3. The van der Waals surface area contributed by atoms with Gasteiger partial charge in [-0.05, 0) is 30.5 Å². The zero-order valence-electron chi connectivity index (χ0n) is 17.5. The van der Waals surface area contributed by atoms with Gasteiger partial charge in [0, 0.05) is 19.5 Å². The molecule has 1 aliphatic heterocycles. The Morgan fingerprint density at radius 1 is 1.38 bits per heavy atom. The van der Waals surface area contributed by atoms with Crippen LogP contribution in [0.15, 0.2) is 24.4 Å². The molecule has 180 valence electrons. The Morgan fingerprint density at radius 3 is 2.68 bits per heavy atom. The lowest BCUT2D eigenvalue weighted by molar-refractivity contribution is -0.274. The second-order valence-corrected chi connectivity index (χ2v) is 8.50. The molecule has 1 saturated heterocycles. The highest BCUT2D eigenvalue weighted by Gasteiger charge is 2.45. The third-order valence-electron chi connectivity index (χ3n) is 5.44. The Hall–Kier alpha value is -3.37. The molecule has 1 aliphatic carbocycles. The van der Waals surface area contributed by atoms with Gasteiger partial charge in [-0.15, -0.1) is 18.3 Å². The molecule has 2 fully saturated rings. The van der Waals surface area contributed by atoms with Crippen LogP contribution in [0, 0.1) is 11.3 Å². The molecular formula is C20H19ClF3N7O3. The highest BCUT2D eigenvalue weighted by molar-refractivity contribution is 6.32. The topological polar surface area (TPSA) is 134 Å². The van der Waals surface area contributed by atoms with Crippen molar-refractivity contribution in [3.8, 4) is 11.8 Å². The maximum Gasteiger partial charge on any atom is 0.573 e. The molecule has 14 heteroatoms. The van der Waals surface area contributed by atoms with Crippen molar-refractivity contribution in [1.82, 2.24) is 30.9 Å². The van der Waals surface area contributed by atoms with Gasteiger partial charge < -0.3 is 20.7 Å². The summed E-state index contributed by atoms with van der Waals surface area (Å²) in [6.45, 7) is 1.34. The maximum absolute atomic E-state index is 12.9. The van der Waals surface area contributed by atoms with Crippen LogP contribution in [0.1, 0.15) is 34.9 Å². The fourth-order valence-electron chi connectivity index (χ4n) is 3.26. The number of benzene rings is 1. The van der Waals surface area contributed by atoms with E-state index in [-0.39, 0.29) is 23.2 Å². The van der Waals surface area contributed by atoms with Gasteiger partial charge in [0.05, 0.1) is 23.3 Å². The monoisotopic (exact) mass is 497 g/mol. The molecule has 0 bridgehead atoms. The lowest BCUT2D eigenvalue weighted by atomic mass is 10.0. The Labute approximate surface area is 196 Å². The minimum absolute atomic E-state index is 0.00178. The van der Waals surface area contributed by atoms with E-state index in [1.165, 1.54) is 23.1 Å². The van der Waals surface area contributed by atoms with Gasteiger partial charge in [-0.1, -0.05) is 17.7 Å². The minimum atomic E-state index is -4.91. The van der Waals surface area contributed by atoms with Crippen molar-refractivity contribution in [2.75, 3.05) is 13.1 Å². The summed E-state index contributed by atoms with van der Waals surface area (Å²) < 4.78 is 41.3. The number of nitriles is 1. The average molecular weight is 498 g/mol. The molecule has 34 heavy (non-hydrogen) atoms. The zero-order chi connectivity index (χ0) is 24.5. The molecule has 0 radical (unpaired) electrons. The number of alkyl halides is 3. The minimum Gasteiger partial charge on any atom is -0.404 e. The smallest absolute Gasteiger partial charge is 0.404 e. The summed E-state index contributed by atoms with van der Waals surface area (Å²) in [6, 6.07) is 4.46. The van der Waals surface area contributed by atoms with Crippen molar-refractivity contribution in [2.45, 2.75) is 43.2 Å². The first kappa shape index (κ1) is 23.8. The number of carbonyl (C=O) groups is 2. The summed E-state index contributed by atoms with van der Waals surface area (Å²) in [5.41, 5.74) is -0.619. The molecular weight excluding hydrogens is 479 g/mol. The lowest BCUT2D eigenvalue weighted by Crippen LogP contribution is -2.51. The summed E-state index contributed by atoms with van der Waals surface area (Å²) in [7, 11) is 0. The van der Waals surface area contributed by atoms with Gasteiger partial charge in [0.15, 0.2) is 5.69 Å². The Kier molecular flexibility index (Phi) is 6.37. The first-order valence-corrected chi connectivity index (χ1v) is 10.7. The van der Waals surface area contributed by atoms with Crippen LogP contribution < -0.4 is 20.7 Å². The molecule has 4 rings (SSSR count). The van der Waals surface area contributed by atoms with Crippen LogP contribution >= 0.6 is 11.6 Å². The number of amides is 2. The van der Waals surface area contributed by atoms with Crippen molar-refractivity contribution in [3.05, 3.63) is 40.7 Å². The van der Waals surface area contributed by atoms with E-state index in [1.807, 2.05) is 6.07 Å². The average Bonchev–Trinajstić information content (AvgIpc) is 3.33. The normalized spacial score (nSPS) is 17.7. The van der Waals surface area contributed by atoms with Gasteiger partial charge in [0.1, 0.15) is 17.3 Å². The van der Waals surface area contributed by atoms with E-state index < -0.39 is 35.5 Å². The highest BCUT2D eigenvalue weighted by atomic mass is 35.5. The molecule has 2 aromatic rings. The molecule has 2 aliphatic rings. The molecule has 0 unspecified atom stereocenters. The van der Waals surface area contributed by atoms with E-state index in [0.717, 1.165) is 6.07 Å². The maximum atomic E-state index is 12.9. The number of hydrogen-bond acceptors (Lipinski definition) is 7. The van der Waals surface area contributed by atoms with E-state index in [0.29, 0.717) is 31.5 Å². The molecule has 1 saturated carbocycles. The number of ether oxygens (including phenoxy) is 1. The van der Waals surface area contributed by atoms with E-state index in [2.05, 4.69) is 30.9 Å². The first-order chi connectivity index (χ1) is 16.1. The molecule has 2 amide bonds. The second kappa shape index (κ2) is 9.11. The number of nitrogens with one attached hydrogen (secondary N) is 3. The molecule has 1 aromatic carbocycles. The number of nitrogens with zero attached hydrogens (tertiary/aromatic N) is 4. The predicted octanol–water partition coefficient (Wildman–Crippen LogP) is 1.49. The highest BCUT2D eigenvalue weighted by Crippen LogP contribution is 2.34. The van der Waals surface area contributed by atoms with Gasteiger partial charge in [-0.25, -0.2) is 0 Å². The van der Waals surface area contributed by atoms with Crippen LogP contribution in [0.3, 0.4) is 0 Å². The second-order valence-electron chi connectivity index (χ2n) is 8.09. The van der Waals surface area contributed by atoms with E-state index in [9.17, 15) is 28.0 Å². The van der Waals surface area contributed by atoms with Crippen molar-refractivity contribution in [1.29, 1.82) is 5.26 Å². The first-order valence-electron chi connectivity index (χ1n) is 10.3. The number of halogens is 4. The summed E-state index contributed by atoms with van der Waals surface area (Å²) in [5, 5.41) is 25.4. The van der Waals surface area contributed by atoms with Crippen LogP contribution in [0.25, 0.3) is 0 Å². The molecule has 10 nitrogen and oxygen atoms in total. The summed E-state index contributed by atoms with van der Waals surface area (Å²) >= 11 is 5.91. The standard InChI is InChI=1S/C20H19ClF3N7O3/c21-13-5-11(1-2-16(13)34-20(22,23)24)6-14(18(33)29-19(10-25)3-4-19)28-17(32)15-9-27-31(30-15)12-7-26-8-12/h1-2,5,9,12,14,26H,3-4,6-8H2,(H,28,32)(H,29,33)/t14-/m0/s1. The van der Waals surface area contributed by atoms with Crippen molar-refractivity contribution in [3.63, 3.8) is 0 Å². The van der Waals surface area contributed by atoms with Crippen LogP contribution in [0.4, 0.5) is 13.2 Å². The molecule has 1 atom stereocenters. The van der Waals surface area contributed by atoms with Gasteiger partial charge in [-0.2, -0.15) is 15.2 Å². The van der Waals surface area contributed by atoms with Crippen molar-refractivity contribution >= 4 is 23.4 Å². The van der Waals surface area contributed by atoms with Crippen LogP contribution in [-0.2, 0) is 11.2 Å². The molecule has 3 N–H and O–H groups in total. The van der Waals surface area contributed by atoms with E-state index >= 15 is 0 Å². The SMILES string of the molecule is N#CC1(NC(=O)[C@H](Cc2ccc(OC(F)(F)F)c(Cl)c2)NC(=O)c2cnn(C3CNC3)n2)CC1. The van der Waals surface area contributed by atoms with Crippen LogP contribution in [0.5, 0.6) is 5.75 Å². The molecule has 0 spiro atoms. The van der Waals surface area contributed by atoms with Gasteiger partial charge in [0.2, 0.25) is 5.91 Å². The van der Waals surface area contributed by atoms with Crippen LogP contribution in [0.2, 0.25) is 5.02 Å². The van der Waals surface area contributed by atoms with Crippen molar-refractivity contribution in [2.24, 2.45) is 0 Å². The third kappa shape index (κ3) is 5.57. The third-order valence-corrected chi connectivity index (χ3v) is 5.73. The quantitative estimate of drug-likeness (QED) is 0.503. The summed E-state index contributed by atoms with van der Waals surface area (Å²) in [5.74, 6) is -1.87. The summed E-state index contributed by atoms with van der Waals surface area (Å²) in [6.07, 6.45) is -2.78. The van der Waals surface area contributed by atoms with Gasteiger partial charge in [-0.3, -0.25) is 9.59 Å². The lowest BCUT2D eigenvalue weighted by Gasteiger charge is -2.25. The van der Waals surface area contributed by atoms with Crippen LogP contribution in [-0.4, -0.2) is 57.8 Å². The largest absolute Gasteiger partial charge is 0.573 e. The van der Waals surface area contributed by atoms with Crippen molar-refractivity contribution < 1.29 is 27.5 Å². The number of carbonyl (C=O) groups excluding carboxylic acids is 2. The Balaban J connectivity index is 1.50. The number of rotatable bonds is 8. The molecule has 1 aromatic heterocycles.